The quantitative estimate of drug-likeness (QED) is 0.508. The van der Waals surface area contributed by atoms with Gasteiger partial charge in [0.2, 0.25) is 11.9 Å². The normalized spacial score (nSPS) is 15.3. The number of anilines is 1. The summed E-state index contributed by atoms with van der Waals surface area (Å²) in [4.78, 5) is 48.9. The minimum absolute atomic E-state index is 0.285. The third-order valence-corrected chi connectivity index (χ3v) is 5.03. The van der Waals surface area contributed by atoms with E-state index in [1.165, 1.54) is 6.07 Å². The topological polar surface area (TPSA) is 116 Å². The van der Waals surface area contributed by atoms with Crippen LogP contribution in [0.4, 0.5) is 5.95 Å². The van der Waals surface area contributed by atoms with Crippen molar-refractivity contribution >= 4 is 34.9 Å². The monoisotopic (exact) mass is 389 g/mol. The number of aromatic nitrogens is 2. The van der Waals surface area contributed by atoms with Gasteiger partial charge in [0.05, 0.1) is 11.5 Å². The Morgan fingerprint density at radius 2 is 1.85 bits per heavy atom. The zero-order valence-electron chi connectivity index (χ0n) is 14.4. The van der Waals surface area contributed by atoms with Gasteiger partial charge in [-0.15, -0.1) is 11.3 Å². The Bertz CT molecular complexity index is 791. The van der Waals surface area contributed by atoms with Crippen molar-refractivity contribution in [2.45, 2.75) is 6.04 Å². The molecule has 1 aliphatic heterocycles. The number of piperazine rings is 1. The maximum atomic E-state index is 12.6. The fourth-order valence-electron chi connectivity index (χ4n) is 2.73. The van der Waals surface area contributed by atoms with Gasteiger partial charge in [-0.3, -0.25) is 14.4 Å². The van der Waals surface area contributed by atoms with Crippen LogP contribution in [0.25, 0.3) is 0 Å². The van der Waals surface area contributed by atoms with Crippen LogP contribution < -0.4 is 10.2 Å². The van der Waals surface area contributed by atoms with Gasteiger partial charge in [-0.1, -0.05) is 6.07 Å². The molecule has 0 aliphatic carbocycles. The summed E-state index contributed by atoms with van der Waals surface area (Å²) in [5, 5.41) is 13.5. The van der Waals surface area contributed by atoms with E-state index in [9.17, 15) is 19.5 Å². The number of hydrogen-bond donors (Lipinski definition) is 2. The summed E-state index contributed by atoms with van der Waals surface area (Å²) in [6.07, 6.45) is 3.31. The van der Waals surface area contributed by atoms with Gasteiger partial charge in [0.25, 0.3) is 11.7 Å². The van der Waals surface area contributed by atoms with Crippen LogP contribution >= 0.6 is 11.3 Å². The molecule has 10 heteroatoms. The highest BCUT2D eigenvalue weighted by atomic mass is 32.1. The number of nitrogens with zero attached hydrogens (tertiary/aromatic N) is 4. The van der Waals surface area contributed by atoms with Gasteiger partial charge < -0.3 is 20.2 Å². The number of carbonyl (C=O) groups is 3. The zero-order chi connectivity index (χ0) is 19.2. The van der Waals surface area contributed by atoms with E-state index in [1.807, 2.05) is 4.90 Å². The molecule has 9 nitrogen and oxygen atoms in total. The molecule has 2 amide bonds. The van der Waals surface area contributed by atoms with Crippen molar-refractivity contribution in [2.24, 2.45) is 0 Å². The van der Waals surface area contributed by atoms with Crippen LogP contribution in [0.5, 0.6) is 0 Å². The Balaban J connectivity index is 1.56. The molecule has 1 saturated heterocycles. The first-order valence-electron chi connectivity index (χ1n) is 8.40. The van der Waals surface area contributed by atoms with Gasteiger partial charge >= 0.3 is 0 Å². The molecule has 1 fully saturated rings. The lowest BCUT2D eigenvalue weighted by molar-refractivity contribution is -0.137. The molecule has 0 radical (unpaired) electrons. The molecule has 2 aromatic heterocycles. The fourth-order valence-corrected chi connectivity index (χ4v) is 3.39. The summed E-state index contributed by atoms with van der Waals surface area (Å²) in [5.41, 5.74) is 0. The first-order chi connectivity index (χ1) is 13.1. The molecule has 2 aromatic rings. The van der Waals surface area contributed by atoms with E-state index in [2.05, 4.69) is 15.3 Å². The Morgan fingerprint density at radius 1 is 1.15 bits per heavy atom. The Kier molecular flexibility index (Phi) is 6.09. The number of Topliss-reactive ketones (excluding diaryl/α,β-unsaturated/α-hetero) is 1. The molecule has 27 heavy (non-hydrogen) atoms. The van der Waals surface area contributed by atoms with Crippen LogP contribution in [0.3, 0.4) is 0 Å². The molecule has 3 rings (SSSR count). The summed E-state index contributed by atoms with van der Waals surface area (Å²) >= 11 is 1.14. The number of rotatable bonds is 6. The van der Waals surface area contributed by atoms with E-state index in [4.69, 9.17) is 0 Å². The maximum absolute atomic E-state index is 12.6. The maximum Gasteiger partial charge on any atom is 0.293 e. The molecule has 142 valence electrons. The summed E-state index contributed by atoms with van der Waals surface area (Å²) in [6.45, 7) is 1.31. The van der Waals surface area contributed by atoms with Crippen molar-refractivity contribution in [1.29, 1.82) is 0 Å². The highest BCUT2D eigenvalue weighted by molar-refractivity contribution is 7.13. The molecular formula is C17H19N5O4S. The van der Waals surface area contributed by atoms with Crippen LogP contribution in [0.15, 0.2) is 36.0 Å². The summed E-state index contributed by atoms with van der Waals surface area (Å²) in [5.74, 6) is -1.44. The van der Waals surface area contributed by atoms with Crippen LogP contribution in [0, 0.1) is 0 Å². The number of carbonyl (C=O) groups excluding carboxylic acids is 3. The van der Waals surface area contributed by atoms with Crippen molar-refractivity contribution in [3.05, 3.63) is 40.8 Å². The average molecular weight is 389 g/mol. The van der Waals surface area contributed by atoms with E-state index >= 15 is 0 Å². The van der Waals surface area contributed by atoms with Gasteiger partial charge in [-0.25, -0.2) is 9.97 Å². The minimum atomic E-state index is -1.15. The number of nitrogens with one attached hydrogen (secondary N) is 1. The first kappa shape index (κ1) is 18.9. The predicted octanol–water partition coefficient (Wildman–Crippen LogP) is -0.453. The third kappa shape index (κ3) is 4.47. The number of hydrogen-bond acceptors (Lipinski definition) is 8. The Morgan fingerprint density at radius 3 is 2.44 bits per heavy atom. The van der Waals surface area contributed by atoms with Gasteiger partial charge in [0, 0.05) is 38.6 Å². The summed E-state index contributed by atoms with van der Waals surface area (Å²) in [7, 11) is 0. The van der Waals surface area contributed by atoms with Gasteiger partial charge in [0.15, 0.2) is 0 Å². The van der Waals surface area contributed by atoms with Crippen LogP contribution in [0.2, 0.25) is 0 Å². The number of aliphatic hydroxyl groups is 1. The van der Waals surface area contributed by atoms with Crippen molar-refractivity contribution < 1.29 is 19.5 Å². The van der Waals surface area contributed by atoms with Crippen molar-refractivity contribution in [3.8, 4) is 0 Å². The lowest BCUT2D eigenvalue weighted by Gasteiger charge is -2.36. The third-order valence-electron chi connectivity index (χ3n) is 4.16. The molecular weight excluding hydrogens is 370 g/mol. The van der Waals surface area contributed by atoms with E-state index in [-0.39, 0.29) is 4.88 Å². The smallest absolute Gasteiger partial charge is 0.293 e. The van der Waals surface area contributed by atoms with E-state index in [0.717, 1.165) is 11.3 Å². The SMILES string of the molecule is O=C(NC(CO)C(=O)N1CCN(c2ncccn2)CC1)C(=O)c1cccs1. The highest BCUT2D eigenvalue weighted by Crippen LogP contribution is 2.12. The summed E-state index contributed by atoms with van der Waals surface area (Å²) < 4.78 is 0. The molecule has 0 saturated carbocycles. The van der Waals surface area contributed by atoms with Gasteiger partial charge in [-0.05, 0) is 17.5 Å². The highest BCUT2D eigenvalue weighted by Gasteiger charge is 2.30. The molecule has 0 spiro atoms. The zero-order valence-corrected chi connectivity index (χ0v) is 15.3. The van der Waals surface area contributed by atoms with Crippen molar-refractivity contribution in [2.75, 3.05) is 37.7 Å². The fraction of sp³-hybridized carbons (Fsp3) is 0.353. The molecule has 0 bridgehead atoms. The first-order valence-corrected chi connectivity index (χ1v) is 9.28. The summed E-state index contributed by atoms with van der Waals surface area (Å²) in [6, 6.07) is 3.78. The predicted molar refractivity (Wildman–Crippen MR) is 98.5 cm³/mol. The molecule has 2 N–H and O–H groups in total. The van der Waals surface area contributed by atoms with E-state index in [0.29, 0.717) is 32.1 Å². The van der Waals surface area contributed by atoms with Crippen LogP contribution in [-0.4, -0.2) is 76.4 Å². The number of ketones is 1. The second-order valence-electron chi connectivity index (χ2n) is 5.88. The molecule has 1 unspecified atom stereocenters. The molecule has 1 aliphatic rings. The van der Waals surface area contributed by atoms with Crippen molar-refractivity contribution in [1.82, 2.24) is 20.2 Å². The average Bonchev–Trinajstić information content (AvgIpc) is 3.26. The van der Waals surface area contributed by atoms with Gasteiger partial charge in [-0.2, -0.15) is 0 Å². The van der Waals surface area contributed by atoms with E-state index < -0.39 is 30.2 Å². The lowest BCUT2D eigenvalue weighted by Crippen LogP contribution is -2.57. The molecule has 1 atom stereocenters. The van der Waals surface area contributed by atoms with Crippen LogP contribution in [0.1, 0.15) is 9.67 Å². The van der Waals surface area contributed by atoms with Gasteiger partial charge in [0.1, 0.15) is 6.04 Å². The van der Waals surface area contributed by atoms with E-state index in [1.54, 1.807) is 34.8 Å². The molecule has 3 heterocycles. The number of aliphatic hydroxyl groups excluding tert-OH is 1. The molecule has 0 aromatic carbocycles. The lowest BCUT2D eigenvalue weighted by atomic mass is 10.2. The Labute approximate surface area is 159 Å². The second kappa shape index (κ2) is 8.69. The number of amides is 2. The number of thiophene rings is 1. The van der Waals surface area contributed by atoms with Crippen molar-refractivity contribution in [3.63, 3.8) is 0 Å². The Hall–Kier alpha value is -2.85. The second-order valence-corrected chi connectivity index (χ2v) is 6.82. The standard InChI is InChI=1S/C17H19N5O4S/c23-11-12(20-15(25)14(24)13-3-1-10-27-13)16(26)21-6-8-22(9-7-21)17-18-4-2-5-19-17/h1-5,10,12,23H,6-9,11H2,(H,20,25). The largest absolute Gasteiger partial charge is 0.394 e. The van der Waals surface area contributed by atoms with Crippen LogP contribution in [-0.2, 0) is 9.59 Å². The minimum Gasteiger partial charge on any atom is -0.394 e.